The number of hydrogen-bond donors (Lipinski definition) is 2. The summed E-state index contributed by atoms with van der Waals surface area (Å²) in [5, 5.41) is 17.7. The summed E-state index contributed by atoms with van der Waals surface area (Å²) >= 11 is 1.04. The standard InChI is InChI=1S/C55H55N3O10S2/c1-54(2)46(56(32-10-34-69-68-67-62)44-26-22-36-12-5-7-16-42(36)51(44)54)28-24-38-14-9-15-39(50(38)40-18-20-41(21-19-40)53(61)66-58-48(59)30-31-49(58)60)25-29-47-55(3,4)52-43-17-8-6-13-37(43)23-27-45(52)57(47)33-11-35-70(63,64)65/h5-8,12-13,16-29H,9-11,14-15,30-35H2,1-4H3,(H-,62,63,64,65)/p+1. The Bertz CT molecular complexity index is 3190. The van der Waals surface area contributed by atoms with Crippen molar-refractivity contribution in [2.45, 2.75) is 83.5 Å². The van der Waals surface area contributed by atoms with Crippen molar-refractivity contribution < 1.29 is 51.4 Å². The third kappa shape index (κ3) is 9.53. The van der Waals surface area contributed by atoms with E-state index in [2.05, 4.69) is 127 Å². The van der Waals surface area contributed by atoms with Crippen LogP contribution >= 0.6 is 12.0 Å². The van der Waals surface area contributed by atoms with E-state index >= 15 is 0 Å². The number of carbonyl (C=O) groups excluding carboxylic acids is 3. The molecule has 2 N–H and O–H groups in total. The Morgan fingerprint density at radius 2 is 1.46 bits per heavy atom. The molecule has 0 bridgehead atoms. The molecule has 15 heteroatoms. The van der Waals surface area contributed by atoms with Gasteiger partial charge in [0.1, 0.15) is 6.54 Å². The van der Waals surface area contributed by atoms with E-state index in [9.17, 15) is 27.4 Å². The normalized spacial score (nSPS) is 18.9. The van der Waals surface area contributed by atoms with E-state index in [1.807, 2.05) is 24.3 Å². The summed E-state index contributed by atoms with van der Waals surface area (Å²) in [6, 6.07) is 32.3. The first-order valence-electron chi connectivity index (χ1n) is 23.6. The lowest BCUT2D eigenvalue weighted by atomic mass is 9.78. The highest BCUT2D eigenvalue weighted by Crippen LogP contribution is 2.51. The predicted molar refractivity (Wildman–Crippen MR) is 273 cm³/mol. The Kier molecular flexibility index (Phi) is 13.9. The van der Waals surface area contributed by atoms with Gasteiger partial charge in [0.05, 0.1) is 16.7 Å². The summed E-state index contributed by atoms with van der Waals surface area (Å²) in [7, 11) is -4.18. The van der Waals surface area contributed by atoms with Gasteiger partial charge >= 0.3 is 5.97 Å². The molecule has 4 aliphatic rings. The smallest absolute Gasteiger partial charge is 0.344 e. The highest BCUT2D eigenvalue weighted by atomic mass is 32.2. The summed E-state index contributed by atoms with van der Waals surface area (Å²) < 4.78 is 40.7. The van der Waals surface area contributed by atoms with Crippen molar-refractivity contribution in [2.75, 3.05) is 29.5 Å². The van der Waals surface area contributed by atoms with Crippen LogP contribution in [-0.2, 0) is 44.7 Å². The molecule has 0 saturated carbocycles. The van der Waals surface area contributed by atoms with Gasteiger partial charge in [0.15, 0.2) is 5.71 Å². The van der Waals surface area contributed by atoms with E-state index in [1.165, 1.54) is 10.9 Å². The molecule has 5 aromatic carbocycles. The van der Waals surface area contributed by atoms with Gasteiger partial charge in [-0.2, -0.15) is 13.0 Å². The molecule has 1 fully saturated rings. The minimum atomic E-state index is -4.18. The monoisotopic (exact) mass is 982 g/mol. The molecule has 362 valence electrons. The van der Waals surface area contributed by atoms with E-state index in [4.69, 9.17) is 14.4 Å². The number of rotatable bonds is 16. The number of imide groups is 1. The van der Waals surface area contributed by atoms with Crippen LogP contribution in [0.15, 0.2) is 138 Å². The van der Waals surface area contributed by atoms with Gasteiger partial charge in [-0.3, -0.25) is 14.1 Å². The van der Waals surface area contributed by atoms with Crippen LogP contribution < -0.4 is 4.90 Å². The molecule has 1 aliphatic carbocycles. The van der Waals surface area contributed by atoms with Gasteiger partial charge in [0, 0.05) is 78.1 Å². The third-order valence-corrected chi connectivity index (χ3v) is 15.4. The van der Waals surface area contributed by atoms with Crippen LogP contribution in [0.25, 0.3) is 27.1 Å². The van der Waals surface area contributed by atoms with Crippen molar-refractivity contribution >= 4 is 84.1 Å². The van der Waals surface area contributed by atoms with Crippen LogP contribution in [0.2, 0.25) is 0 Å². The van der Waals surface area contributed by atoms with Crippen molar-refractivity contribution in [1.82, 2.24) is 5.06 Å². The number of benzene rings is 5. The Hall–Kier alpha value is -6.20. The first-order valence-corrected chi connectivity index (χ1v) is 26.1. The maximum atomic E-state index is 13.3. The summed E-state index contributed by atoms with van der Waals surface area (Å²) in [6.45, 7) is 9.96. The zero-order valence-electron chi connectivity index (χ0n) is 39.6. The first-order chi connectivity index (χ1) is 33.6. The van der Waals surface area contributed by atoms with Crippen LogP contribution in [-0.4, -0.2) is 76.0 Å². The molecule has 0 unspecified atom stereocenters. The van der Waals surface area contributed by atoms with Gasteiger partial charge in [-0.25, -0.2) is 10.1 Å². The van der Waals surface area contributed by atoms with Crippen LogP contribution in [0.3, 0.4) is 0 Å². The van der Waals surface area contributed by atoms with Gasteiger partial charge in [0.2, 0.25) is 5.69 Å². The third-order valence-electron chi connectivity index (χ3n) is 14.0. The maximum absolute atomic E-state index is 13.3. The van der Waals surface area contributed by atoms with Crippen molar-refractivity contribution in [1.29, 1.82) is 0 Å². The maximum Gasteiger partial charge on any atom is 0.363 e. The van der Waals surface area contributed by atoms with Crippen molar-refractivity contribution in [3.8, 4) is 0 Å². The molecule has 0 spiro atoms. The molecular weight excluding hydrogens is 927 g/mol. The number of hydrogen-bond acceptors (Lipinski definition) is 11. The summed E-state index contributed by atoms with van der Waals surface area (Å²) in [5.74, 6) is -1.69. The molecule has 3 heterocycles. The number of hydroxylamine groups is 2. The Labute approximate surface area is 412 Å². The van der Waals surface area contributed by atoms with Crippen molar-refractivity contribution in [3.63, 3.8) is 0 Å². The number of carbonyl (C=O) groups is 3. The number of anilines is 1. The second-order valence-corrected chi connectivity index (χ2v) is 21.5. The molecule has 0 radical (unpaired) electrons. The van der Waals surface area contributed by atoms with E-state index in [-0.39, 0.29) is 30.6 Å². The second-order valence-electron chi connectivity index (χ2n) is 19.1. The van der Waals surface area contributed by atoms with E-state index in [1.54, 1.807) is 12.1 Å². The largest absolute Gasteiger partial charge is 0.363 e. The number of allylic oxidation sites excluding steroid dienone is 8. The van der Waals surface area contributed by atoms with Crippen LogP contribution in [0.5, 0.6) is 0 Å². The van der Waals surface area contributed by atoms with Gasteiger partial charge in [0.25, 0.3) is 21.9 Å². The van der Waals surface area contributed by atoms with E-state index in [0.717, 1.165) is 105 Å². The second kappa shape index (κ2) is 19.9. The minimum Gasteiger partial charge on any atom is -0.344 e. The molecule has 70 heavy (non-hydrogen) atoms. The van der Waals surface area contributed by atoms with Gasteiger partial charge in [-0.05, 0) is 119 Å². The predicted octanol–water partition coefficient (Wildman–Crippen LogP) is 11.1. The van der Waals surface area contributed by atoms with E-state index in [0.29, 0.717) is 23.9 Å². The zero-order chi connectivity index (χ0) is 49.4. The number of amides is 2. The van der Waals surface area contributed by atoms with Crippen LogP contribution in [0.1, 0.15) is 99.7 Å². The van der Waals surface area contributed by atoms with Crippen molar-refractivity contribution in [2.24, 2.45) is 0 Å². The molecule has 3 aliphatic heterocycles. The fourth-order valence-corrected chi connectivity index (χ4v) is 11.7. The zero-order valence-corrected chi connectivity index (χ0v) is 41.3. The molecular formula is C55H56N3O10S2+. The van der Waals surface area contributed by atoms with Gasteiger partial charge in [-0.1, -0.05) is 97.8 Å². The average molecular weight is 983 g/mol. The fourth-order valence-electron chi connectivity index (χ4n) is 10.8. The quantitative estimate of drug-likeness (QED) is 0.0183. The summed E-state index contributed by atoms with van der Waals surface area (Å²) in [6.07, 6.45) is 12.1. The first kappa shape index (κ1) is 48.8. The Morgan fingerprint density at radius 1 is 0.786 bits per heavy atom. The lowest BCUT2D eigenvalue weighted by molar-refractivity contribution is -0.438. The highest BCUT2D eigenvalue weighted by molar-refractivity contribution is 7.94. The topological polar surface area (TPSA) is 163 Å². The SMILES string of the molecule is CC1(C)C(/C=C/C2=C(c3ccc(C(=O)ON4C(=O)CCC4=O)cc3)C(=C/C=C3/N(CCCS(=O)(=O)O)c4ccc5ccccc5c4C3(C)C)/CCC2)=[N+](CCCSOOO)c2ccc3ccccc3c21. The van der Waals surface area contributed by atoms with E-state index < -0.39 is 38.7 Å². The molecule has 0 atom stereocenters. The Morgan fingerprint density at radius 3 is 2.14 bits per heavy atom. The highest BCUT2D eigenvalue weighted by Gasteiger charge is 2.46. The minimum absolute atomic E-state index is 0.00613. The lowest BCUT2D eigenvalue weighted by Gasteiger charge is -2.28. The molecule has 0 aromatic heterocycles. The summed E-state index contributed by atoms with van der Waals surface area (Å²) in [4.78, 5) is 45.3. The van der Waals surface area contributed by atoms with Gasteiger partial charge < -0.3 is 9.74 Å². The number of nitrogens with zero attached hydrogens (tertiary/aromatic N) is 3. The average Bonchev–Trinajstić information content (AvgIpc) is 3.86. The lowest BCUT2D eigenvalue weighted by Crippen LogP contribution is -2.32. The van der Waals surface area contributed by atoms with Crippen molar-refractivity contribution in [3.05, 3.63) is 160 Å². The molecule has 5 aromatic rings. The van der Waals surface area contributed by atoms with Crippen LogP contribution in [0, 0.1) is 0 Å². The molecule has 2 amide bonds. The summed E-state index contributed by atoms with van der Waals surface area (Å²) in [5.41, 5.74) is 9.97. The molecule has 1 saturated heterocycles. The molecule has 13 nitrogen and oxygen atoms in total. The van der Waals surface area contributed by atoms with Gasteiger partial charge in [-0.15, -0.1) is 9.40 Å². The number of fused-ring (bicyclic) bond motifs is 6. The Balaban J connectivity index is 1.16. The molecule has 9 rings (SSSR count). The fraction of sp³-hybridized carbons (Fsp3) is 0.309. The van der Waals surface area contributed by atoms with Crippen LogP contribution in [0.4, 0.5) is 11.4 Å².